The van der Waals surface area contributed by atoms with Crippen LogP contribution in [0, 0.1) is 5.92 Å². The van der Waals surface area contributed by atoms with E-state index in [4.69, 9.17) is 18.9 Å². The molecule has 1 saturated heterocycles. The zero-order valence-corrected chi connectivity index (χ0v) is 16.8. The van der Waals surface area contributed by atoms with Gasteiger partial charge in [-0.3, -0.25) is 14.4 Å². The molecule has 0 spiro atoms. The highest BCUT2D eigenvalue weighted by Gasteiger charge is 2.28. The van der Waals surface area contributed by atoms with Gasteiger partial charge in [-0.05, 0) is 38.0 Å². The Bertz CT molecular complexity index is 768. The molecular weight excluding hydrogens is 382 g/mol. The average molecular weight is 407 g/mol. The summed E-state index contributed by atoms with van der Waals surface area (Å²) in [7, 11) is 2.77. The van der Waals surface area contributed by atoms with Gasteiger partial charge in [0.2, 0.25) is 0 Å². The normalized spacial score (nSPS) is 14.1. The van der Waals surface area contributed by atoms with Crippen LogP contribution in [0.4, 0.5) is 0 Å². The quantitative estimate of drug-likeness (QED) is 0.468. The number of rotatable bonds is 8. The van der Waals surface area contributed by atoms with E-state index in [9.17, 15) is 19.2 Å². The summed E-state index contributed by atoms with van der Waals surface area (Å²) < 4.78 is 20.2. The maximum Gasteiger partial charge on any atom is 0.344 e. The molecule has 1 fully saturated rings. The molecule has 0 aromatic heterocycles. The van der Waals surface area contributed by atoms with Gasteiger partial charge < -0.3 is 23.8 Å². The van der Waals surface area contributed by atoms with Crippen LogP contribution in [0.3, 0.4) is 0 Å². The molecule has 0 saturated carbocycles. The Morgan fingerprint density at radius 3 is 2.31 bits per heavy atom. The number of hydrogen-bond donors (Lipinski definition) is 0. The fourth-order valence-electron chi connectivity index (χ4n) is 2.95. The van der Waals surface area contributed by atoms with Gasteiger partial charge in [0.25, 0.3) is 5.91 Å². The van der Waals surface area contributed by atoms with Crippen LogP contribution < -0.4 is 9.47 Å². The van der Waals surface area contributed by atoms with Crippen molar-refractivity contribution in [1.82, 2.24) is 4.90 Å². The van der Waals surface area contributed by atoms with E-state index >= 15 is 0 Å². The van der Waals surface area contributed by atoms with Crippen molar-refractivity contribution in [2.24, 2.45) is 5.92 Å². The second-order valence-electron chi connectivity index (χ2n) is 6.55. The second-order valence-corrected chi connectivity index (χ2v) is 6.55. The van der Waals surface area contributed by atoms with Gasteiger partial charge >= 0.3 is 11.9 Å². The van der Waals surface area contributed by atoms with Gasteiger partial charge in [-0.2, -0.15) is 0 Å². The number of ether oxygens (including phenoxy) is 4. The number of ketones is 1. The standard InChI is InChI=1S/C20H25NO8/c1-13(22)15-4-5-16(17(10-15)26-2)28-12-19(24)29-11-18(23)21-8-6-14(7-9-21)20(25)27-3/h4-5,10,14H,6-9,11-12H2,1-3H3. The lowest BCUT2D eigenvalue weighted by Gasteiger charge is -2.30. The van der Waals surface area contributed by atoms with Crippen LogP contribution in [0.2, 0.25) is 0 Å². The first kappa shape index (κ1) is 22.2. The van der Waals surface area contributed by atoms with Gasteiger partial charge in [-0.15, -0.1) is 0 Å². The number of esters is 2. The first-order valence-electron chi connectivity index (χ1n) is 9.18. The van der Waals surface area contributed by atoms with Crippen molar-refractivity contribution in [3.05, 3.63) is 23.8 Å². The molecule has 1 aliphatic heterocycles. The molecule has 29 heavy (non-hydrogen) atoms. The van der Waals surface area contributed by atoms with E-state index in [1.165, 1.54) is 33.3 Å². The molecule has 9 heteroatoms. The molecule has 1 aromatic rings. The fourth-order valence-corrected chi connectivity index (χ4v) is 2.95. The number of methoxy groups -OCH3 is 2. The number of benzene rings is 1. The molecule has 1 aliphatic rings. The number of Topliss-reactive ketones (excluding diaryl/α,β-unsaturated/α-hetero) is 1. The minimum Gasteiger partial charge on any atom is -0.493 e. The maximum atomic E-state index is 12.2. The van der Waals surface area contributed by atoms with Crippen LogP contribution >= 0.6 is 0 Å². The lowest BCUT2D eigenvalue weighted by molar-refractivity contribution is -0.155. The van der Waals surface area contributed by atoms with E-state index in [0.29, 0.717) is 37.2 Å². The van der Waals surface area contributed by atoms with Gasteiger partial charge in [0.15, 0.2) is 30.5 Å². The van der Waals surface area contributed by atoms with E-state index in [1.807, 2.05) is 0 Å². The Morgan fingerprint density at radius 1 is 1.03 bits per heavy atom. The molecule has 2 rings (SSSR count). The van der Waals surface area contributed by atoms with Crippen LogP contribution in [0.5, 0.6) is 11.5 Å². The summed E-state index contributed by atoms with van der Waals surface area (Å²) in [4.78, 5) is 48.5. The molecule has 0 atom stereocenters. The number of piperidine rings is 1. The summed E-state index contributed by atoms with van der Waals surface area (Å²) in [5.74, 6) is -1.04. The minimum atomic E-state index is -0.708. The Kier molecular flexibility index (Phi) is 7.99. The Hall–Kier alpha value is -3.10. The number of nitrogens with zero attached hydrogens (tertiary/aromatic N) is 1. The SMILES string of the molecule is COC(=O)C1CCN(C(=O)COC(=O)COc2ccc(C(C)=O)cc2OC)CC1. The molecule has 0 N–H and O–H groups in total. The second kappa shape index (κ2) is 10.4. The van der Waals surface area contributed by atoms with E-state index < -0.39 is 19.2 Å². The van der Waals surface area contributed by atoms with Crippen molar-refractivity contribution in [3.8, 4) is 11.5 Å². The zero-order valence-electron chi connectivity index (χ0n) is 16.8. The summed E-state index contributed by atoms with van der Waals surface area (Å²) >= 11 is 0. The fraction of sp³-hybridized carbons (Fsp3) is 0.500. The molecule has 158 valence electrons. The highest BCUT2D eigenvalue weighted by Crippen LogP contribution is 2.28. The predicted octanol–water partition coefficient (Wildman–Crippen LogP) is 1.23. The van der Waals surface area contributed by atoms with Crippen LogP contribution in [-0.4, -0.2) is 69.1 Å². The van der Waals surface area contributed by atoms with Crippen molar-refractivity contribution >= 4 is 23.6 Å². The topological polar surface area (TPSA) is 108 Å². The first-order valence-corrected chi connectivity index (χ1v) is 9.18. The zero-order chi connectivity index (χ0) is 21.4. The minimum absolute atomic E-state index is 0.122. The maximum absolute atomic E-state index is 12.2. The van der Waals surface area contributed by atoms with Crippen molar-refractivity contribution in [1.29, 1.82) is 0 Å². The van der Waals surface area contributed by atoms with Crippen molar-refractivity contribution in [3.63, 3.8) is 0 Å². The third-order valence-corrected chi connectivity index (χ3v) is 4.65. The van der Waals surface area contributed by atoms with Crippen LogP contribution in [0.25, 0.3) is 0 Å². The molecule has 1 heterocycles. The molecule has 0 radical (unpaired) electrons. The molecule has 0 bridgehead atoms. The highest BCUT2D eigenvalue weighted by molar-refractivity contribution is 5.94. The summed E-state index contributed by atoms with van der Waals surface area (Å²) in [6.07, 6.45) is 1.04. The van der Waals surface area contributed by atoms with E-state index in [-0.39, 0.29) is 29.3 Å². The van der Waals surface area contributed by atoms with Crippen LogP contribution in [0.15, 0.2) is 18.2 Å². The van der Waals surface area contributed by atoms with E-state index in [0.717, 1.165) is 0 Å². The van der Waals surface area contributed by atoms with Crippen molar-refractivity contribution in [2.45, 2.75) is 19.8 Å². The summed E-state index contributed by atoms with van der Waals surface area (Å²) in [5, 5.41) is 0. The summed E-state index contributed by atoms with van der Waals surface area (Å²) in [6.45, 7) is 1.44. The third-order valence-electron chi connectivity index (χ3n) is 4.65. The Balaban J connectivity index is 1.77. The first-order chi connectivity index (χ1) is 13.8. The molecule has 0 unspecified atom stereocenters. The van der Waals surface area contributed by atoms with Gasteiger partial charge in [0, 0.05) is 18.7 Å². The average Bonchev–Trinajstić information content (AvgIpc) is 2.75. The summed E-state index contributed by atoms with van der Waals surface area (Å²) in [6, 6.07) is 4.61. The van der Waals surface area contributed by atoms with E-state index in [1.54, 1.807) is 11.0 Å². The van der Waals surface area contributed by atoms with Crippen LogP contribution in [-0.2, 0) is 23.9 Å². The van der Waals surface area contributed by atoms with Gasteiger partial charge in [-0.25, -0.2) is 4.79 Å². The number of carbonyl (C=O) groups excluding carboxylic acids is 4. The van der Waals surface area contributed by atoms with Crippen molar-refractivity contribution in [2.75, 3.05) is 40.5 Å². The lowest BCUT2D eigenvalue weighted by Crippen LogP contribution is -2.42. The Morgan fingerprint density at radius 2 is 1.72 bits per heavy atom. The van der Waals surface area contributed by atoms with Gasteiger partial charge in [0.1, 0.15) is 0 Å². The molecule has 1 amide bonds. The lowest BCUT2D eigenvalue weighted by atomic mass is 9.97. The Labute approximate surface area is 168 Å². The van der Waals surface area contributed by atoms with Gasteiger partial charge in [0.05, 0.1) is 20.1 Å². The van der Waals surface area contributed by atoms with Gasteiger partial charge in [-0.1, -0.05) is 0 Å². The number of carbonyl (C=O) groups is 4. The number of likely N-dealkylation sites (tertiary alicyclic amines) is 1. The summed E-state index contributed by atoms with van der Waals surface area (Å²) in [5.41, 5.74) is 0.457. The molecule has 0 aliphatic carbocycles. The van der Waals surface area contributed by atoms with Crippen molar-refractivity contribution < 1.29 is 38.1 Å². The monoisotopic (exact) mass is 407 g/mol. The predicted molar refractivity (Wildman–Crippen MR) is 101 cm³/mol. The molecular formula is C20H25NO8. The van der Waals surface area contributed by atoms with Crippen LogP contribution in [0.1, 0.15) is 30.1 Å². The third kappa shape index (κ3) is 6.20. The largest absolute Gasteiger partial charge is 0.493 e. The molecule has 1 aromatic carbocycles. The highest BCUT2D eigenvalue weighted by atomic mass is 16.6. The number of hydrogen-bond acceptors (Lipinski definition) is 8. The number of amides is 1. The molecule has 9 nitrogen and oxygen atoms in total. The van der Waals surface area contributed by atoms with E-state index in [2.05, 4.69) is 0 Å². The smallest absolute Gasteiger partial charge is 0.344 e.